The zero-order valence-corrected chi connectivity index (χ0v) is 21.0. The summed E-state index contributed by atoms with van der Waals surface area (Å²) >= 11 is 1.59. The third kappa shape index (κ3) is 18.3. The normalized spacial score (nSPS) is 13.4. The Hall–Kier alpha value is -1.01. The number of hydrogen-bond donors (Lipinski definition) is 2. The number of aliphatic hydroxyl groups is 1. The molecule has 0 spiro atoms. The van der Waals surface area contributed by atoms with E-state index >= 15 is 0 Å². The number of thioether (sulfide) groups is 1. The second-order valence-corrected chi connectivity index (χ2v) is 9.77. The van der Waals surface area contributed by atoms with Crippen molar-refractivity contribution in [3.05, 3.63) is 12.2 Å². The summed E-state index contributed by atoms with van der Waals surface area (Å²) in [5.41, 5.74) is 0. The Morgan fingerprint density at radius 3 is 2.06 bits per heavy atom. The molecule has 182 valence electrons. The average Bonchev–Trinajstić information content (AvgIpc) is 2.72. The number of hydrogen-bond acceptors (Lipinski definition) is 4. The van der Waals surface area contributed by atoms with Gasteiger partial charge in [0.2, 0.25) is 5.91 Å². The van der Waals surface area contributed by atoms with E-state index in [1.807, 2.05) is 0 Å². The van der Waals surface area contributed by atoms with E-state index in [-0.39, 0.29) is 24.1 Å². The summed E-state index contributed by atoms with van der Waals surface area (Å²) in [5.74, 6) is -0.598. The molecule has 0 bridgehead atoms. The highest BCUT2D eigenvalue weighted by Crippen LogP contribution is 2.21. The molecule has 0 aromatic carbocycles. The first-order chi connectivity index (χ1) is 14.9. The van der Waals surface area contributed by atoms with Crippen LogP contribution in [0.3, 0.4) is 0 Å². The fourth-order valence-corrected chi connectivity index (χ4v) is 4.64. The number of carbonyl (C=O) groups is 2. The second-order valence-electron chi connectivity index (χ2n) is 8.48. The van der Waals surface area contributed by atoms with E-state index in [1.54, 1.807) is 11.8 Å². The highest BCUT2D eigenvalue weighted by Gasteiger charge is 2.18. The van der Waals surface area contributed by atoms with Gasteiger partial charge in [-0.1, -0.05) is 90.2 Å². The molecule has 0 heterocycles. The molecule has 2 atom stereocenters. The number of amides is 1. The minimum Gasteiger partial charge on any atom is -0.480 e. The Bertz CT molecular complexity index is 484. The fraction of sp³-hybridized carbons (Fsp3) is 0.840. The van der Waals surface area contributed by atoms with Gasteiger partial charge in [0, 0.05) is 24.5 Å². The molecule has 0 aliphatic carbocycles. The molecule has 1 amide bonds. The summed E-state index contributed by atoms with van der Waals surface area (Å²) < 4.78 is 0. The molecule has 0 aromatic rings. The third-order valence-electron chi connectivity index (χ3n) is 5.44. The van der Waals surface area contributed by atoms with Gasteiger partial charge in [0.1, 0.15) is 6.54 Å². The SMILES string of the molecule is CCCCCCCCCCCCC=CC(SCCC(=O)N(C)CC(=O)O)C(O)CCC. The van der Waals surface area contributed by atoms with E-state index in [4.69, 9.17) is 5.11 Å². The standard InChI is InChI=1S/C25H47NO4S/c1-4-6-7-8-9-10-11-12-13-14-15-16-18-23(22(27)17-5-2)31-20-19-24(28)26(3)21-25(29)30/h16,18,22-23,27H,4-15,17,19-21H2,1-3H3,(H,29,30). The van der Waals surface area contributed by atoms with Gasteiger partial charge in [-0.25, -0.2) is 0 Å². The molecule has 0 radical (unpaired) electrons. The predicted octanol–water partition coefficient (Wildman–Crippen LogP) is 6.05. The quantitative estimate of drug-likeness (QED) is 0.162. The maximum atomic E-state index is 12.0. The molecule has 0 rings (SSSR count). The number of allylic oxidation sites excluding steroid dienone is 1. The number of likely N-dealkylation sites (N-methyl/N-ethyl adjacent to an activating group) is 1. The van der Waals surface area contributed by atoms with Gasteiger partial charge in [-0.2, -0.15) is 11.8 Å². The topological polar surface area (TPSA) is 77.8 Å². The summed E-state index contributed by atoms with van der Waals surface area (Å²) in [7, 11) is 1.51. The molecule has 0 aliphatic rings. The lowest BCUT2D eigenvalue weighted by Crippen LogP contribution is -2.32. The van der Waals surface area contributed by atoms with E-state index in [1.165, 1.54) is 76.2 Å². The van der Waals surface area contributed by atoms with Gasteiger partial charge in [0.25, 0.3) is 0 Å². The van der Waals surface area contributed by atoms with E-state index < -0.39 is 12.1 Å². The van der Waals surface area contributed by atoms with E-state index in [9.17, 15) is 14.7 Å². The minimum atomic E-state index is -1.00. The Morgan fingerprint density at radius 2 is 1.52 bits per heavy atom. The van der Waals surface area contributed by atoms with Crippen molar-refractivity contribution in [3.63, 3.8) is 0 Å². The maximum Gasteiger partial charge on any atom is 0.323 e. The van der Waals surface area contributed by atoms with Crippen LogP contribution in [-0.2, 0) is 9.59 Å². The number of carbonyl (C=O) groups excluding carboxylic acids is 1. The predicted molar refractivity (Wildman–Crippen MR) is 133 cm³/mol. The molecular formula is C25H47NO4S. The Labute approximate surface area is 195 Å². The summed E-state index contributed by atoms with van der Waals surface area (Å²) in [6, 6.07) is 0. The minimum absolute atomic E-state index is 0.0133. The molecule has 6 heteroatoms. The summed E-state index contributed by atoms with van der Waals surface area (Å²) in [5, 5.41) is 19.2. The number of carboxylic acid groups (broad SMARTS) is 1. The number of aliphatic hydroxyl groups excluding tert-OH is 1. The summed E-state index contributed by atoms with van der Waals surface area (Å²) in [4.78, 5) is 23.9. The van der Waals surface area contributed by atoms with Gasteiger partial charge in [-0.3, -0.25) is 9.59 Å². The molecule has 0 aliphatic heterocycles. The van der Waals surface area contributed by atoms with E-state index in [2.05, 4.69) is 26.0 Å². The van der Waals surface area contributed by atoms with Gasteiger partial charge in [0.05, 0.1) is 6.10 Å². The molecule has 0 fully saturated rings. The molecule has 2 N–H and O–H groups in total. The van der Waals surface area contributed by atoms with Crippen LogP contribution in [0, 0.1) is 0 Å². The van der Waals surface area contributed by atoms with Crippen LogP contribution in [0.5, 0.6) is 0 Å². The molecule has 0 aromatic heterocycles. The summed E-state index contributed by atoms with van der Waals surface area (Å²) in [6.45, 7) is 4.04. The Morgan fingerprint density at radius 1 is 0.935 bits per heavy atom. The van der Waals surface area contributed by atoms with Crippen LogP contribution in [0.15, 0.2) is 12.2 Å². The lowest BCUT2D eigenvalue weighted by atomic mass is 10.1. The van der Waals surface area contributed by atoms with Crippen molar-refractivity contribution in [1.82, 2.24) is 4.90 Å². The van der Waals surface area contributed by atoms with Gasteiger partial charge < -0.3 is 15.1 Å². The van der Waals surface area contributed by atoms with Crippen molar-refractivity contribution in [1.29, 1.82) is 0 Å². The number of nitrogens with zero attached hydrogens (tertiary/aromatic N) is 1. The van der Waals surface area contributed by atoms with Crippen LogP contribution in [0.2, 0.25) is 0 Å². The first kappa shape index (κ1) is 30.0. The highest BCUT2D eigenvalue weighted by atomic mass is 32.2. The van der Waals surface area contributed by atoms with Crippen molar-refractivity contribution in [3.8, 4) is 0 Å². The lowest BCUT2D eigenvalue weighted by Gasteiger charge is -2.20. The molecule has 5 nitrogen and oxygen atoms in total. The van der Waals surface area contributed by atoms with Crippen LogP contribution in [0.25, 0.3) is 0 Å². The largest absolute Gasteiger partial charge is 0.480 e. The monoisotopic (exact) mass is 457 g/mol. The van der Waals surface area contributed by atoms with Crippen LogP contribution in [-0.4, -0.2) is 57.7 Å². The van der Waals surface area contributed by atoms with Crippen molar-refractivity contribution >= 4 is 23.6 Å². The zero-order valence-electron chi connectivity index (χ0n) is 20.2. The molecule has 31 heavy (non-hydrogen) atoms. The van der Waals surface area contributed by atoms with Crippen molar-refractivity contribution in [2.45, 2.75) is 115 Å². The Balaban J connectivity index is 4.08. The highest BCUT2D eigenvalue weighted by molar-refractivity contribution is 8.00. The van der Waals surface area contributed by atoms with Gasteiger partial charge in [-0.05, 0) is 19.3 Å². The first-order valence-corrected chi connectivity index (χ1v) is 13.4. The molecular weight excluding hydrogens is 410 g/mol. The van der Waals surface area contributed by atoms with Gasteiger partial charge in [0.15, 0.2) is 0 Å². The van der Waals surface area contributed by atoms with Gasteiger partial charge >= 0.3 is 5.97 Å². The average molecular weight is 458 g/mol. The van der Waals surface area contributed by atoms with Crippen LogP contribution >= 0.6 is 11.8 Å². The van der Waals surface area contributed by atoms with Crippen molar-refractivity contribution in [2.24, 2.45) is 0 Å². The van der Waals surface area contributed by atoms with Crippen molar-refractivity contribution in [2.75, 3.05) is 19.3 Å². The smallest absolute Gasteiger partial charge is 0.323 e. The van der Waals surface area contributed by atoms with Gasteiger partial charge in [-0.15, -0.1) is 0 Å². The third-order valence-corrected chi connectivity index (χ3v) is 6.73. The number of unbranched alkanes of at least 4 members (excludes halogenated alkanes) is 10. The number of carboxylic acids is 1. The number of aliphatic carboxylic acids is 1. The lowest BCUT2D eigenvalue weighted by molar-refractivity contribution is -0.143. The second kappa shape index (κ2) is 20.9. The van der Waals surface area contributed by atoms with Crippen LogP contribution < -0.4 is 0 Å². The first-order valence-electron chi connectivity index (χ1n) is 12.3. The summed E-state index contributed by atoms with van der Waals surface area (Å²) in [6.07, 6.45) is 20.2. The molecule has 0 saturated carbocycles. The van der Waals surface area contributed by atoms with E-state index in [0.29, 0.717) is 5.75 Å². The fourth-order valence-electron chi connectivity index (χ4n) is 3.50. The van der Waals surface area contributed by atoms with Crippen molar-refractivity contribution < 1.29 is 19.8 Å². The molecule has 0 saturated heterocycles. The number of rotatable bonds is 21. The zero-order chi connectivity index (χ0) is 23.3. The Kier molecular flexibility index (Phi) is 20.2. The van der Waals surface area contributed by atoms with Crippen LogP contribution in [0.1, 0.15) is 104 Å². The van der Waals surface area contributed by atoms with Crippen LogP contribution in [0.4, 0.5) is 0 Å². The van der Waals surface area contributed by atoms with E-state index in [0.717, 1.165) is 19.3 Å². The molecule has 2 unspecified atom stereocenters. The maximum absolute atomic E-state index is 12.0.